The van der Waals surface area contributed by atoms with Gasteiger partial charge in [-0.2, -0.15) is 0 Å². The number of rotatable bonds is 0. The largest absolute Gasteiger partial charge is 0.321 e. The van der Waals surface area contributed by atoms with Gasteiger partial charge in [-0.1, -0.05) is 18.2 Å². The van der Waals surface area contributed by atoms with E-state index in [9.17, 15) is 0 Å². The maximum absolute atomic E-state index is 6.19. The second-order valence-corrected chi connectivity index (χ2v) is 4.07. The fraction of sp³-hybridized carbons (Fsp3) is 0.500. The molecular formula is C10H12N2. The number of hydrogen-bond acceptors (Lipinski definition) is 2. The number of nitrogens with zero attached hydrogens (tertiary/aromatic N) is 1. The van der Waals surface area contributed by atoms with E-state index in [4.69, 9.17) is 5.73 Å². The highest BCUT2D eigenvalue weighted by molar-refractivity contribution is 5.74. The number of allylic oxidation sites excluding steroid dienone is 1. The highest BCUT2D eigenvalue weighted by Crippen LogP contribution is 2.63. The quantitative estimate of drug-likeness (QED) is 0.528. The first-order valence-corrected chi connectivity index (χ1v) is 4.44. The lowest BCUT2D eigenvalue weighted by Crippen LogP contribution is -2.37. The van der Waals surface area contributed by atoms with Gasteiger partial charge in [0.25, 0.3) is 0 Å². The molecule has 2 N–H and O–H groups in total. The Labute approximate surface area is 71.9 Å². The SMILES string of the molecule is NC12C=CCC3N=CC=CC31C2. The van der Waals surface area contributed by atoms with Crippen molar-refractivity contribution in [2.24, 2.45) is 16.1 Å². The van der Waals surface area contributed by atoms with E-state index < -0.39 is 0 Å². The molecule has 2 aliphatic carbocycles. The molecule has 1 spiro atoms. The van der Waals surface area contributed by atoms with E-state index in [0.29, 0.717) is 6.04 Å². The molecular weight excluding hydrogens is 148 g/mol. The first-order valence-electron chi connectivity index (χ1n) is 4.44. The van der Waals surface area contributed by atoms with Crippen molar-refractivity contribution >= 4 is 6.21 Å². The van der Waals surface area contributed by atoms with Crippen LogP contribution in [0, 0.1) is 5.41 Å². The van der Waals surface area contributed by atoms with Gasteiger partial charge in [-0.3, -0.25) is 4.99 Å². The summed E-state index contributed by atoms with van der Waals surface area (Å²) in [5.74, 6) is 0. The Bertz CT molecular complexity index is 316. The van der Waals surface area contributed by atoms with Crippen molar-refractivity contribution in [3.05, 3.63) is 24.3 Å². The molecule has 3 atom stereocenters. The molecule has 1 fully saturated rings. The molecule has 2 heteroatoms. The van der Waals surface area contributed by atoms with Crippen molar-refractivity contribution < 1.29 is 0 Å². The Morgan fingerprint density at radius 1 is 1.42 bits per heavy atom. The molecule has 0 saturated heterocycles. The summed E-state index contributed by atoms with van der Waals surface area (Å²) in [4.78, 5) is 4.47. The maximum atomic E-state index is 6.19. The van der Waals surface area contributed by atoms with Crippen molar-refractivity contribution in [2.45, 2.75) is 24.4 Å². The van der Waals surface area contributed by atoms with E-state index in [0.717, 1.165) is 12.8 Å². The van der Waals surface area contributed by atoms with Gasteiger partial charge >= 0.3 is 0 Å². The van der Waals surface area contributed by atoms with Crippen molar-refractivity contribution in [1.29, 1.82) is 0 Å². The fourth-order valence-electron chi connectivity index (χ4n) is 2.59. The van der Waals surface area contributed by atoms with Gasteiger partial charge in [-0.05, 0) is 18.9 Å². The van der Waals surface area contributed by atoms with Gasteiger partial charge < -0.3 is 5.73 Å². The van der Waals surface area contributed by atoms with Crippen molar-refractivity contribution in [3.63, 3.8) is 0 Å². The van der Waals surface area contributed by atoms with Gasteiger partial charge in [-0.15, -0.1) is 0 Å². The standard InChI is InChI=1S/C10H12N2/c11-10-5-1-3-8-9(10,7-10)4-2-6-12-8/h1-2,4-6,8H,3,7,11H2. The van der Waals surface area contributed by atoms with E-state index >= 15 is 0 Å². The fourth-order valence-corrected chi connectivity index (χ4v) is 2.59. The van der Waals surface area contributed by atoms with Crippen molar-refractivity contribution in [3.8, 4) is 0 Å². The van der Waals surface area contributed by atoms with Crippen LogP contribution in [-0.4, -0.2) is 17.8 Å². The Kier molecular flexibility index (Phi) is 0.945. The lowest BCUT2D eigenvalue weighted by atomic mass is 9.83. The zero-order valence-corrected chi connectivity index (χ0v) is 6.90. The lowest BCUT2D eigenvalue weighted by Gasteiger charge is -2.29. The minimum Gasteiger partial charge on any atom is -0.321 e. The van der Waals surface area contributed by atoms with Gasteiger partial charge in [0.2, 0.25) is 0 Å². The van der Waals surface area contributed by atoms with Crippen LogP contribution in [0.15, 0.2) is 29.3 Å². The summed E-state index contributed by atoms with van der Waals surface area (Å²) in [6, 6.07) is 0.414. The topological polar surface area (TPSA) is 38.4 Å². The molecule has 0 amide bonds. The van der Waals surface area contributed by atoms with Gasteiger partial charge in [-0.25, -0.2) is 0 Å². The minimum atomic E-state index is -0.0653. The van der Waals surface area contributed by atoms with Crippen LogP contribution in [0.1, 0.15) is 12.8 Å². The zero-order chi connectivity index (χ0) is 8.23. The summed E-state index contributed by atoms with van der Waals surface area (Å²) in [5.41, 5.74) is 6.31. The summed E-state index contributed by atoms with van der Waals surface area (Å²) in [6.45, 7) is 0. The van der Waals surface area contributed by atoms with E-state index in [2.05, 4.69) is 23.2 Å². The highest BCUT2D eigenvalue weighted by atomic mass is 15.0. The van der Waals surface area contributed by atoms with Gasteiger partial charge in [0, 0.05) is 17.2 Å². The third kappa shape index (κ3) is 0.547. The van der Waals surface area contributed by atoms with Crippen LogP contribution in [0.3, 0.4) is 0 Å². The molecule has 1 aliphatic heterocycles. The van der Waals surface area contributed by atoms with Crippen LogP contribution in [-0.2, 0) is 0 Å². The van der Waals surface area contributed by atoms with Crippen LogP contribution in [0.4, 0.5) is 0 Å². The Balaban J connectivity index is 2.11. The molecule has 1 heterocycles. The molecule has 3 rings (SSSR count). The van der Waals surface area contributed by atoms with Crippen LogP contribution in [0.25, 0.3) is 0 Å². The summed E-state index contributed by atoms with van der Waals surface area (Å²) in [5, 5.41) is 0. The molecule has 3 aliphatic rings. The summed E-state index contributed by atoms with van der Waals surface area (Å²) < 4.78 is 0. The molecule has 0 radical (unpaired) electrons. The van der Waals surface area contributed by atoms with Crippen molar-refractivity contribution in [1.82, 2.24) is 0 Å². The summed E-state index contributed by atoms with van der Waals surface area (Å²) >= 11 is 0. The second-order valence-electron chi connectivity index (χ2n) is 4.07. The first-order chi connectivity index (χ1) is 5.77. The van der Waals surface area contributed by atoms with Gasteiger partial charge in [0.1, 0.15) is 0 Å². The molecule has 62 valence electrons. The predicted molar refractivity (Wildman–Crippen MR) is 49.1 cm³/mol. The Morgan fingerprint density at radius 2 is 2.33 bits per heavy atom. The maximum Gasteiger partial charge on any atom is 0.0646 e. The van der Waals surface area contributed by atoms with E-state index in [-0.39, 0.29) is 11.0 Å². The van der Waals surface area contributed by atoms with E-state index in [1.165, 1.54) is 0 Å². The first kappa shape index (κ1) is 6.61. The zero-order valence-electron chi connectivity index (χ0n) is 6.90. The van der Waals surface area contributed by atoms with Crippen LogP contribution in [0.5, 0.6) is 0 Å². The molecule has 12 heavy (non-hydrogen) atoms. The molecule has 1 saturated carbocycles. The average Bonchev–Trinajstić information content (AvgIpc) is 2.67. The molecule has 0 aromatic heterocycles. The number of hydrogen-bond donors (Lipinski definition) is 1. The van der Waals surface area contributed by atoms with Gasteiger partial charge in [0.15, 0.2) is 0 Å². The third-order valence-electron chi connectivity index (χ3n) is 3.44. The lowest BCUT2D eigenvalue weighted by molar-refractivity contribution is 0.428. The molecule has 0 aromatic carbocycles. The van der Waals surface area contributed by atoms with Crippen LogP contribution < -0.4 is 5.73 Å². The van der Waals surface area contributed by atoms with Crippen LogP contribution in [0.2, 0.25) is 0 Å². The monoisotopic (exact) mass is 160 g/mol. The Morgan fingerprint density at radius 3 is 3.17 bits per heavy atom. The molecule has 0 bridgehead atoms. The highest BCUT2D eigenvalue weighted by Gasteiger charge is 2.67. The minimum absolute atomic E-state index is 0.0653. The average molecular weight is 160 g/mol. The number of aliphatic imine (C=N–C) groups is 1. The third-order valence-corrected chi connectivity index (χ3v) is 3.44. The second kappa shape index (κ2) is 1.72. The summed E-state index contributed by atoms with van der Waals surface area (Å²) in [6.07, 6.45) is 12.6. The molecule has 2 nitrogen and oxygen atoms in total. The van der Waals surface area contributed by atoms with E-state index in [1.54, 1.807) is 0 Å². The van der Waals surface area contributed by atoms with Crippen molar-refractivity contribution in [2.75, 3.05) is 0 Å². The number of nitrogens with two attached hydrogens (primary N) is 1. The van der Waals surface area contributed by atoms with Crippen LogP contribution >= 0.6 is 0 Å². The normalized spacial score (nSPS) is 53.2. The smallest absolute Gasteiger partial charge is 0.0646 e. The summed E-state index contributed by atoms with van der Waals surface area (Å²) in [7, 11) is 0. The molecule has 3 unspecified atom stereocenters. The predicted octanol–water partition coefficient (Wildman–Crippen LogP) is 1.04. The van der Waals surface area contributed by atoms with E-state index in [1.807, 2.05) is 12.3 Å². The van der Waals surface area contributed by atoms with Gasteiger partial charge in [0.05, 0.1) is 6.04 Å². The molecule has 0 aromatic rings. The number of dihydropyridines is 1. The Hall–Kier alpha value is -0.890.